The van der Waals surface area contributed by atoms with E-state index in [1.165, 1.54) is 0 Å². The molecule has 3 rings (SSSR count). The summed E-state index contributed by atoms with van der Waals surface area (Å²) in [6, 6.07) is 8.28. The molecule has 1 aliphatic heterocycles. The molecule has 112 valence electrons. The van der Waals surface area contributed by atoms with E-state index in [9.17, 15) is 4.79 Å². The van der Waals surface area contributed by atoms with Gasteiger partial charge in [0.1, 0.15) is 0 Å². The molecular formula is C17H24BNO2. The molecule has 4 heteroatoms. The predicted molar refractivity (Wildman–Crippen MR) is 86.1 cm³/mol. The van der Waals surface area contributed by atoms with Gasteiger partial charge in [-0.15, -0.1) is 0 Å². The highest BCUT2D eigenvalue weighted by Crippen LogP contribution is 2.45. The van der Waals surface area contributed by atoms with Gasteiger partial charge >= 0.3 is 6.92 Å². The lowest BCUT2D eigenvalue weighted by atomic mass is 9.54. The summed E-state index contributed by atoms with van der Waals surface area (Å²) in [5.41, 5.74) is 1.83. The van der Waals surface area contributed by atoms with Gasteiger partial charge < -0.3 is 9.97 Å². The van der Waals surface area contributed by atoms with Crippen LogP contribution in [0.5, 0.6) is 0 Å². The normalized spacial score (nSPS) is 23.1. The van der Waals surface area contributed by atoms with E-state index in [2.05, 4.69) is 39.1 Å². The van der Waals surface area contributed by atoms with E-state index in [4.69, 9.17) is 4.65 Å². The first-order valence-corrected chi connectivity index (χ1v) is 7.87. The van der Waals surface area contributed by atoms with Gasteiger partial charge in [-0.2, -0.15) is 0 Å². The van der Waals surface area contributed by atoms with E-state index in [0.717, 1.165) is 30.2 Å². The summed E-state index contributed by atoms with van der Waals surface area (Å²) in [5.74, 6) is 0.0378. The number of hydrogen-bond donors (Lipinski definition) is 1. The number of amides is 1. The molecule has 0 radical (unpaired) electrons. The van der Waals surface area contributed by atoms with Crippen molar-refractivity contribution in [3.8, 4) is 0 Å². The van der Waals surface area contributed by atoms with Crippen molar-refractivity contribution in [3.63, 3.8) is 0 Å². The van der Waals surface area contributed by atoms with Gasteiger partial charge in [0, 0.05) is 11.6 Å². The average Bonchev–Trinajstić information content (AvgIpc) is 3.17. The minimum Gasteiger partial charge on any atom is -0.426 e. The Balaban J connectivity index is 1.79. The summed E-state index contributed by atoms with van der Waals surface area (Å²) in [7, 11) is 0. The molecule has 2 fully saturated rings. The van der Waals surface area contributed by atoms with Crippen LogP contribution < -0.4 is 10.8 Å². The standard InChI is InChI=1S/C17H24BNO2/c1-16(2)11-18(21-17(16,3)4)13-7-5-6-12(10-13)15(20)19-14-8-9-14/h5-7,10,14H,8-9,11H2,1-4H3,(H,19,20). The largest absolute Gasteiger partial charge is 0.426 e. The molecule has 0 aromatic heterocycles. The van der Waals surface area contributed by atoms with Crippen molar-refractivity contribution in [2.45, 2.75) is 58.5 Å². The third-order valence-corrected chi connectivity index (χ3v) is 5.20. The summed E-state index contributed by atoms with van der Waals surface area (Å²) in [5, 5.41) is 3.04. The van der Waals surface area contributed by atoms with Crippen LogP contribution in [-0.2, 0) is 4.65 Å². The molecule has 0 bridgehead atoms. The topological polar surface area (TPSA) is 38.3 Å². The Hall–Kier alpha value is -1.29. The first-order valence-electron chi connectivity index (χ1n) is 7.87. The molecule has 1 N–H and O–H groups in total. The van der Waals surface area contributed by atoms with E-state index < -0.39 is 0 Å². The fourth-order valence-corrected chi connectivity index (χ4v) is 2.83. The van der Waals surface area contributed by atoms with Crippen molar-refractivity contribution >= 4 is 18.3 Å². The van der Waals surface area contributed by atoms with Crippen molar-refractivity contribution in [3.05, 3.63) is 29.8 Å². The lowest BCUT2D eigenvalue weighted by molar-refractivity contribution is 0.0375. The van der Waals surface area contributed by atoms with E-state index in [-0.39, 0.29) is 23.8 Å². The van der Waals surface area contributed by atoms with Crippen molar-refractivity contribution in [2.75, 3.05) is 0 Å². The molecular weight excluding hydrogens is 261 g/mol. The zero-order valence-corrected chi connectivity index (χ0v) is 13.4. The lowest BCUT2D eigenvalue weighted by Crippen LogP contribution is -2.36. The lowest BCUT2D eigenvalue weighted by Gasteiger charge is -2.34. The van der Waals surface area contributed by atoms with E-state index >= 15 is 0 Å². The van der Waals surface area contributed by atoms with Crippen LogP contribution in [0.15, 0.2) is 24.3 Å². The Bertz CT molecular complexity index is 548. The zero-order valence-electron chi connectivity index (χ0n) is 13.4. The van der Waals surface area contributed by atoms with Gasteiger partial charge in [0.2, 0.25) is 0 Å². The molecule has 1 heterocycles. The van der Waals surface area contributed by atoms with Crippen molar-refractivity contribution in [2.24, 2.45) is 5.41 Å². The second kappa shape index (κ2) is 4.87. The molecule has 0 unspecified atom stereocenters. The van der Waals surface area contributed by atoms with Crippen LogP contribution in [0.25, 0.3) is 0 Å². The van der Waals surface area contributed by atoms with Crippen molar-refractivity contribution < 1.29 is 9.45 Å². The molecule has 1 aromatic carbocycles. The smallest absolute Gasteiger partial charge is 0.327 e. The second-order valence-corrected chi connectivity index (χ2v) is 7.58. The highest BCUT2D eigenvalue weighted by molar-refractivity contribution is 6.68. The molecule has 2 aliphatic rings. The fourth-order valence-electron chi connectivity index (χ4n) is 2.83. The predicted octanol–water partition coefficient (Wildman–Crippen LogP) is 2.61. The Morgan fingerprint density at radius 2 is 2.00 bits per heavy atom. The van der Waals surface area contributed by atoms with Gasteiger partial charge in [0.15, 0.2) is 0 Å². The Morgan fingerprint density at radius 3 is 2.57 bits per heavy atom. The molecule has 1 aromatic rings. The maximum absolute atomic E-state index is 12.2. The number of benzene rings is 1. The van der Waals surface area contributed by atoms with E-state index in [0.29, 0.717) is 6.04 Å². The Labute approximate surface area is 127 Å². The Kier molecular flexibility index (Phi) is 3.40. The maximum Gasteiger partial charge on any atom is 0.327 e. The van der Waals surface area contributed by atoms with Gasteiger partial charge in [0.05, 0.1) is 5.60 Å². The van der Waals surface area contributed by atoms with Crippen LogP contribution in [0, 0.1) is 5.41 Å². The highest BCUT2D eigenvalue weighted by Gasteiger charge is 2.49. The van der Waals surface area contributed by atoms with Crippen LogP contribution in [0.2, 0.25) is 6.32 Å². The molecule has 21 heavy (non-hydrogen) atoms. The summed E-state index contributed by atoms with van der Waals surface area (Å²) in [6.07, 6.45) is 3.20. The summed E-state index contributed by atoms with van der Waals surface area (Å²) in [6.45, 7) is 8.87. The SMILES string of the molecule is CC1(C)CB(c2cccc(C(=O)NC3CC3)c2)OC1(C)C. The highest BCUT2D eigenvalue weighted by atomic mass is 16.5. The minimum atomic E-state index is -0.149. The van der Waals surface area contributed by atoms with Gasteiger partial charge in [-0.1, -0.05) is 32.0 Å². The van der Waals surface area contributed by atoms with Crippen molar-refractivity contribution in [1.29, 1.82) is 0 Å². The van der Waals surface area contributed by atoms with Crippen LogP contribution in [0.3, 0.4) is 0 Å². The zero-order chi connectivity index (χ0) is 15.3. The molecule has 1 saturated carbocycles. The molecule has 0 atom stereocenters. The molecule has 3 nitrogen and oxygen atoms in total. The van der Waals surface area contributed by atoms with E-state index in [1.54, 1.807) is 0 Å². The van der Waals surface area contributed by atoms with Crippen molar-refractivity contribution in [1.82, 2.24) is 5.32 Å². The minimum absolute atomic E-state index is 0.0378. The quantitative estimate of drug-likeness (QED) is 0.867. The number of nitrogens with one attached hydrogen (secondary N) is 1. The number of carbonyl (C=O) groups is 1. The first kappa shape index (κ1) is 14.6. The number of carbonyl (C=O) groups excluding carboxylic acids is 1. The van der Waals surface area contributed by atoms with Crippen LogP contribution in [0.1, 0.15) is 50.9 Å². The Morgan fingerprint density at radius 1 is 1.29 bits per heavy atom. The summed E-state index contributed by atoms with van der Waals surface area (Å²) in [4.78, 5) is 12.2. The van der Waals surface area contributed by atoms with Gasteiger partial charge in [-0.05, 0) is 50.0 Å². The summed E-state index contributed by atoms with van der Waals surface area (Å²) >= 11 is 0. The first-order chi connectivity index (χ1) is 9.78. The summed E-state index contributed by atoms with van der Waals surface area (Å²) < 4.78 is 6.25. The third-order valence-electron chi connectivity index (χ3n) is 5.20. The molecule has 1 amide bonds. The average molecular weight is 285 g/mol. The molecule has 0 spiro atoms. The van der Waals surface area contributed by atoms with Gasteiger partial charge in [0.25, 0.3) is 5.91 Å². The number of rotatable bonds is 3. The van der Waals surface area contributed by atoms with Crippen LogP contribution in [-0.4, -0.2) is 24.5 Å². The number of hydrogen-bond acceptors (Lipinski definition) is 2. The maximum atomic E-state index is 12.2. The molecule has 1 aliphatic carbocycles. The third kappa shape index (κ3) is 2.87. The van der Waals surface area contributed by atoms with E-state index in [1.807, 2.05) is 18.2 Å². The van der Waals surface area contributed by atoms with Crippen LogP contribution >= 0.6 is 0 Å². The van der Waals surface area contributed by atoms with Crippen LogP contribution in [0.4, 0.5) is 0 Å². The molecule has 1 saturated heterocycles. The monoisotopic (exact) mass is 285 g/mol. The second-order valence-electron chi connectivity index (χ2n) is 7.58. The fraction of sp³-hybridized carbons (Fsp3) is 0.588. The van der Waals surface area contributed by atoms with Gasteiger partial charge in [-0.25, -0.2) is 0 Å². The van der Waals surface area contributed by atoms with Gasteiger partial charge in [-0.3, -0.25) is 4.79 Å².